The van der Waals surface area contributed by atoms with Crippen LogP contribution in [0, 0.1) is 0 Å². The lowest BCUT2D eigenvalue weighted by Crippen LogP contribution is -2.57. The molecule has 5 heteroatoms. The molecule has 0 aromatic carbocycles. The van der Waals surface area contributed by atoms with Crippen molar-refractivity contribution in [2.45, 2.75) is 58.7 Å². The summed E-state index contributed by atoms with van der Waals surface area (Å²) < 4.78 is 5.18. The van der Waals surface area contributed by atoms with Crippen molar-refractivity contribution >= 4 is 5.91 Å². The Kier molecular flexibility index (Phi) is 8.22. The molecule has 19 heavy (non-hydrogen) atoms. The first kappa shape index (κ1) is 18.4. The van der Waals surface area contributed by atoms with Crippen molar-refractivity contribution in [2.75, 3.05) is 26.8 Å². The van der Waals surface area contributed by atoms with Crippen LogP contribution in [0.15, 0.2) is 0 Å². The highest BCUT2D eigenvalue weighted by molar-refractivity contribution is 5.84. The third-order valence-corrected chi connectivity index (χ3v) is 3.49. The van der Waals surface area contributed by atoms with E-state index in [4.69, 9.17) is 10.5 Å². The van der Waals surface area contributed by atoms with Gasteiger partial charge in [0.2, 0.25) is 5.91 Å². The van der Waals surface area contributed by atoms with E-state index in [0.717, 1.165) is 13.1 Å². The van der Waals surface area contributed by atoms with Crippen LogP contribution in [0.2, 0.25) is 0 Å². The van der Waals surface area contributed by atoms with Crippen molar-refractivity contribution in [3.8, 4) is 0 Å². The zero-order valence-electron chi connectivity index (χ0n) is 13.3. The summed E-state index contributed by atoms with van der Waals surface area (Å²) in [5.41, 5.74) is 4.88. The van der Waals surface area contributed by atoms with Gasteiger partial charge in [-0.15, -0.1) is 0 Å². The number of likely N-dealkylation sites (N-methyl/N-ethyl adjacent to an activating group) is 1. The van der Waals surface area contributed by atoms with E-state index in [1.54, 1.807) is 7.11 Å². The lowest BCUT2D eigenvalue weighted by Gasteiger charge is -2.34. The number of hydrogen-bond acceptors (Lipinski definition) is 4. The number of carbonyl (C=O) groups excluding carboxylic acids is 1. The summed E-state index contributed by atoms with van der Waals surface area (Å²) in [6.45, 7) is 12.6. The lowest BCUT2D eigenvalue weighted by atomic mass is 9.95. The van der Waals surface area contributed by atoms with Gasteiger partial charge in [0.1, 0.15) is 0 Å². The number of nitrogens with two attached hydrogens (primary N) is 1. The van der Waals surface area contributed by atoms with E-state index in [-0.39, 0.29) is 11.9 Å². The highest BCUT2D eigenvalue weighted by Crippen LogP contribution is 2.13. The van der Waals surface area contributed by atoms with Gasteiger partial charge in [-0.1, -0.05) is 6.92 Å². The highest BCUT2D eigenvalue weighted by atomic mass is 16.5. The van der Waals surface area contributed by atoms with Gasteiger partial charge < -0.3 is 15.8 Å². The molecular weight excluding hydrogens is 242 g/mol. The normalized spacial score (nSPS) is 16.6. The van der Waals surface area contributed by atoms with Crippen molar-refractivity contribution in [2.24, 2.45) is 5.73 Å². The number of hydrogen-bond donors (Lipinski definition) is 2. The van der Waals surface area contributed by atoms with E-state index in [0.29, 0.717) is 19.1 Å². The van der Waals surface area contributed by atoms with Crippen LogP contribution in [0.3, 0.4) is 0 Å². The van der Waals surface area contributed by atoms with Crippen LogP contribution in [-0.4, -0.2) is 55.2 Å². The fourth-order valence-corrected chi connectivity index (χ4v) is 2.31. The Hall–Kier alpha value is -0.650. The van der Waals surface area contributed by atoms with Crippen LogP contribution in [-0.2, 0) is 9.53 Å². The topological polar surface area (TPSA) is 67.6 Å². The molecule has 0 rings (SSSR count). The van der Waals surface area contributed by atoms with E-state index in [1.807, 2.05) is 20.8 Å². The number of amides is 1. The quantitative estimate of drug-likeness (QED) is 0.622. The summed E-state index contributed by atoms with van der Waals surface area (Å²) in [5, 5.41) is 3.27. The van der Waals surface area contributed by atoms with Gasteiger partial charge >= 0.3 is 0 Å². The number of methoxy groups -OCH3 is 1. The van der Waals surface area contributed by atoms with Crippen LogP contribution >= 0.6 is 0 Å². The summed E-state index contributed by atoms with van der Waals surface area (Å²) in [7, 11) is 1.71. The summed E-state index contributed by atoms with van der Waals surface area (Å²) in [5.74, 6) is -0.295. The van der Waals surface area contributed by atoms with Crippen molar-refractivity contribution in [1.29, 1.82) is 0 Å². The maximum absolute atomic E-state index is 11.7. The maximum atomic E-state index is 11.7. The van der Waals surface area contributed by atoms with Gasteiger partial charge in [-0.2, -0.15) is 0 Å². The smallest absolute Gasteiger partial charge is 0.237 e. The Morgan fingerprint density at radius 2 is 2.00 bits per heavy atom. The van der Waals surface area contributed by atoms with E-state index in [1.165, 1.54) is 0 Å². The average molecular weight is 273 g/mol. The Morgan fingerprint density at radius 1 is 1.42 bits per heavy atom. The second-order valence-electron chi connectivity index (χ2n) is 5.68. The predicted octanol–water partition coefficient (Wildman–Crippen LogP) is 0.975. The van der Waals surface area contributed by atoms with Crippen molar-refractivity contribution in [3.63, 3.8) is 0 Å². The fraction of sp³-hybridized carbons (Fsp3) is 0.929. The van der Waals surface area contributed by atoms with E-state index in [9.17, 15) is 4.79 Å². The molecule has 0 radical (unpaired) electrons. The summed E-state index contributed by atoms with van der Waals surface area (Å²) in [6, 6.07) is 0.565. The molecular formula is C14H31N3O2. The molecule has 0 saturated carbocycles. The first-order valence-corrected chi connectivity index (χ1v) is 7.07. The molecule has 2 atom stereocenters. The second-order valence-corrected chi connectivity index (χ2v) is 5.68. The molecule has 3 N–H and O–H groups in total. The van der Waals surface area contributed by atoms with Gasteiger partial charge in [0, 0.05) is 25.7 Å². The molecule has 0 bridgehead atoms. The highest BCUT2D eigenvalue weighted by Gasteiger charge is 2.32. The van der Waals surface area contributed by atoms with Gasteiger partial charge in [-0.05, 0) is 40.7 Å². The molecule has 0 aromatic heterocycles. The van der Waals surface area contributed by atoms with Crippen molar-refractivity contribution in [3.05, 3.63) is 0 Å². The standard InChI is InChI=1S/C14H31N3O2/c1-7-17(12(4)10-19-6)9-8-14(5,13(15)18)16-11(2)3/h11-12,16H,7-10H2,1-6H3,(H2,15,18). The van der Waals surface area contributed by atoms with Gasteiger partial charge in [0.15, 0.2) is 0 Å². The van der Waals surface area contributed by atoms with Crippen LogP contribution in [0.4, 0.5) is 0 Å². The number of ether oxygens (including phenoxy) is 1. The molecule has 0 aliphatic heterocycles. The number of nitrogens with zero attached hydrogens (tertiary/aromatic N) is 1. The minimum atomic E-state index is -0.658. The summed E-state index contributed by atoms with van der Waals surface area (Å²) >= 11 is 0. The monoisotopic (exact) mass is 273 g/mol. The Bertz CT molecular complexity index is 271. The molecule has 1 amide bonds. The van der Waals surface area contributed by atoms with Crippen LogP contribution < -0.4 is 11.1 Å². The second kappa shape index (κ2) is 8.51. The third-order valence-electron chi connectivity index (χ3n) is 3.49. The minimum absolute atomic E-state index is 0.226. The average Bonchev–Trinajstić information content (AvgIpc) is 2.28. The van der Waals surface area contributed by atoms with Gasteiger partial charge in [-0.3, -0.25) is 9.69 Å². The minimum Gasteiger partial charge on any atom is -0.383 e. The molecule has 0 heterocycles. The van der Waals surface area contributed by atoms with Gasteiger partial charge in [-0.25, -0.2) is 0 Å². The van der Waals surface area contributed by atoms with Crippen molar-refractivity contribution in [1.82, 2.24) is 10.2 Å². The van der Waals surface area contributed by atoms with Gasteiger partial charge in [0.25, 0.3) is 0 Å². The summed E-state index contributed by atoms with van der Waals surface area (Å²) in [4.78, 5) is 14.0. The van der Waals surface area contributed by atoms with Gasteiger partial charge in [0.05, 0.1) is 12.1 Å². The van der Waals surface area contributed by atoms with Crippen molar-refractivity contribution < 1.29 is 9.53 Å². The zero-order valence-corrected chi connectivity index (χ0v) is 13.3. The maximum Gasteiger partial charge on any atom is 0.237 e. The molecule has 5 nitrogen and oxygen atoms in total. The Labute approximate surface area is 117 Å². The predicted molar refractivity (Wildman–Crippen MR) is 79.1 cm³/mol. The summed E-state index contributed by atoms with van der Waals surface area (Å²) in [6.07, 6.45) is 0.697. The largest absolute Gasteiger partial charge is 0.383 e. The molecule has 2 unspecified atom stereocenters. The number of nitrogens with one attached hydrogen (secondary N) is 1. The third kappa shape index (κ3) is 6.36. The number of rotatable bonds is 10. The molecule has 0 fully saturated rings. The molecule has 0 saturated heterocycles. The van der Waals surface area contributed by atoms with E-state index < -0.39 is 5.54 Å². The molecule has 0 spiro atoms. The number of primary amides is 1. The molecule has 0 aliphatic carbocycles. The molecule has 114 valence electrons. The molecule has 0 aliphatic rings. The van der Waals surface area contributed by atoms with E-state index in [2.05, 4.69) is 24.1 Å². The Balaban J connectivity index is 4.56. The number of carbonyl (C=O) groups is 1. The lowest BCUT2D eigenvalue weighted by molar-refractivity contribution is -0.124. The fourth-order valence-electron chi connectivity index (χ4n) is 2.31. The first-order valence-electron chi connectivity index (χ1n) is 7.07. The Morgan fingerprint density at radius 3 is 2.37 bits per heavy atom. The van der Waals surface area contributed by atoms with Crippen LogP contribution in [0.5, 0.6) is 0 Å². The SMILES string of the molecule is CCN(CCC(C)(NC(C)C)C(N)=O)C(C)COC. The first-order chi connectivity index (χ1) is 8.76. The van der Waals surface area contributed by atoms with E-state index >= 15 is 0 Å². The van der Waals surface area contributed by atoms with Crippen LogP contribution in [0.25, 0.3) is 0 Å². The van der Waals surface area contributed by atoms with Crippen LogP contribution in [0.1, 0.15) is 41.0 Å². The zero-order chi connectivity index (χ0) is 15.1. The molecule has 0 aromatic rings.